The Labute approximate surface area is 202 Å². The van der Waals surface area contributed by atoms with Crippen LogP contribution in [0.3, 0.4) is 0 Å². The summed E-state index contributed by atoms with van der Waals surface area (Å²) in [5.41, 5.74) is 1.71. The molecule has 0 spiro atoms. The molecule has 0 saturated heterocycles. The van der Waals surface area contributed by atoms with E-state index in [2.05, 4.69) is 15.5 Å². The van der Waals surface area contributed by atoms with Gasteiger partial charge in [-0.05, 0) is 52.7 Å². The summed E-state index contributed by atoms with van der Waals surface area (Å²) in [4.78, 5) is 14.9. The number of ether oxygens (including phenoxy) is 1. The van der Waals surface area contributed by atoms with Gasteiger partial charge in [0.2, 0.25) is 0 Å². The van der Waals surface area contributed by atoms with Crippen molar-refractivity contribution >= 4 is 38.9 Å². The molecule has 0 aliphatic rings. The molecule has 1 atom stereocenters. The third kappa shape index (κ3) is 6.43. The highest BCUT2D eigenvalue weighted by Gasteiger charge is 2.23. The Balaban J connectivity index is 1.89. The molecule has 1 unspecified atom stereocenters. The van der Waals surface area contributed by atoms with Gasteiger partial charge in [0.1, 0.15) is 21.9 Å². The number of tetrazole rings is 1. The molecule has 0 bridgehead atoms. The number of hydrogen-bond acceptors (Lipinski definition) is 7. The van der Waals surface area contributed by atoms with E-state index in [1.54, 1.807) is 43.4 Å². The molecular weight excluding hydrogens is 489 g/mol. The Kier molecular flexibility index (Phi) is 7.93. The van der Waals surface area contributed by atoms with Crippen molar-refractivity contribution in [2.24, 2.45) is 0 Å². The van der Waals surface area contributed by atoms with Crippen molar-refractivity contribution in [1.29, 1.82) is 0 Å². The predicted octanol–water partition coefficient (Wildman–Crippen LogP) is 3.27. The summed E-state index contributed by atoms with van der Waals surface area (Å²) < 4.78 is 30.4. The van der Waals surface area contributed by atoms with E-state index in [-0.39, 0.29) is 24.1 Å². The molecule has 12 heteroatoms. The van der Waals surface area contributed by atoms with E-state index in [1.165, 1.54) is 29.3 Å². The third-order valence-corrected chi connectivity index (χ3v) is 6.84. The minimum atomic E-state index is -3.20. The van der Waals surface area contributed by atoms with E-state index in [0.717, 1.165) is 5.56 Å². The lowest BCUT2D eigenvalue weighted by Gasteiger charge is -2.25. The number of carbonyl (C=O) groups is 1. The molecule has 0 N–H and O–H groups in total. The Hall–Kier alpha value is -2.69. The molecule has 176 valence electrons. The minimum Gasteiger partial charge on any atom is -0.496 e. The first-order valence-corrected chi connectivity index (χ1v) is 12.7. The molecule has 1 heterocycles. The molecule has 3 aromatic rings. The maximum Gasteiger partial charge on any atom is 0.257 e. The first kappa shape index (κ1) is 24.9. The Morgan fingerprint density at radius 2 is 1.94 bits per heavy atom. The molecule has 3 rings (SSSR count). The standard InChI is InChI=1S/C21H23Cl2N5O4S/c1-27(12-15(8-9-33(3,30)31)14-4-6-18(22)19(23)10-14)21(29)17-11-16(5-7-20(17)32-2)28-13-24-25-26-28/h4-7,10-11,13,15H,8-9,12H2,1-3H3. The molecule has 0 radical (unpaired) electrons. The van der Waals surface area contributed by atoms with Crippen molar-refractivity contribution < 1.29 is 17.9 Å². The van der Waals surface area contributed by atoms with Crippen molar-refractivity contribution in [2.75, 3.05) is 32.7 Å². The number of nitrogens with zero attached hydrogens (tertiary/aromatic N) is 5. The fourth-order valence-electron chi connectivity index (χ4n) is 3.39. The first-order chi connectivity index (χ1) is 15.6. The molecule has 0 aliphatic heterocycles. The predicted molar refractivity (Wildman–Crippen MR) is 126 cm³/mol. The number of halogens is 2. The molecule has 0 fully saturated rings. The fraction of sp³-hybridized carbons (Fsp3) is 0.333. The van der Waals surface area contributed by atoms with Crippen LogP contribution in [0.25, 0.3) is 5.69 Å². The second-order valence-electron chi connectivity index (χ2n) is 7.61. The van der Waals surface area contributed by atoms with Crippen LogP contribution in [0, 0.1) is 0 Å². The Bertz CT molecular complexity index is 1240. The lowest BCUT2D eigenvalue weighted by Crippen LogP contribution is -2.32. The first-order valence-electron chi connectivity index (χ1n) is 9.88. The summed E-state index contributed by atoms with van der Waals surface area (Å²) in [7, 11) is -0.0703. The lowest BCUT2D eigenvalue weighted by molar-refractivity contribution is 0.0782. The summed E-state index contributed by atoms with van der Waals surface area (Å²) in [5, 5.41) is 11.8. The number of methoxy groups -OCH3 is 1. The maximum absolute atomic E-state index is 13.4. The van der Waals surface area contributed by atoms with E-state index in [4.69, 9.17) is 27.9 Å². The second kappa shape index (κ2) is 10.5. The molecule has 1 aromatic heterocycles. The molecule has 0 aliphatic carbocycles. The Morgan fingerprint density at radius 1 is 1.18 bits per heavy atom. The highest BCUT2D eigenvalue weighted by molar-refractivity contribution is 7.90. The van der Waals surface area contributed by atoms with Crippen LogP contribution in [0.2, 0.25) is 10.0 Å². The van der Waals surface area contributed by atoms with Gasteiger partial charge in [-0.3, -0.25) is 4.79 Å². The average Bonchev–Trinajstić information content (AvgIpc) is 3.31. The van der Waals surface area contributed by atoms with Crippen molar-refractivity contribution in [2.45, 2.75) is 12.3 Å². The Morgan fingerprint density at radius 3 is 2.55 bits per heavy atom. The number of benzene rings is 2. The number of rotatable bonds is 9. The van der Waals surface area contributed by atoms with E-state index in [1.807, 2.05) is 0 Å². The summed E-state index contributed by atoms with van der Waals surface area (Å²) >= 11 is 12.2. The van der Waals surface area contributed by atoms with Crippen molar-refractivity contribution in [3.05, 3.63) is 63.9 Å². The summed E-state index contributed by atoms with van der Waals surface area (Å²) in [6.07, 6.45) is 2.92. The fourth-order valence-corrected chi connectivity index (χ4v) is 4.41. The lowest BCUT2D eigenvalue weighted by atomic mass is 9.95. The van der Waals surface area contributed by atoms with Crippen LogP contribution in [0.4, 0.5) is 0 Å². The number of sulfone groups is 1. The SMILES string of the molecule is COc1ccc(-n2cnnn2)cc1C(=O)N(C)CC(CCS(C)(=O)=O)c1ccc(Cl)c(Cl)c1. The topological polar surface area (TPSA) is 107 Å². The number of hydrogen-bond donors (Lipinski definition) is 0. The van der Waals surface area contributed by atoms with Crippen LogP contribution in [0.1, 0.15) is 28.3 Å². The molecule has 9 nitrogen and oxygen atoms in total. The van der Waals surface area contributed by atoms with Gasteiger partial charge in [0.15, 0.2) is 0 Å². The summed E-state index contributed by atoms with van der Waals surface area (Å²) in [6.45, 7) is 0.255. The van der Waals surface area contributed by atoms with Gasteiger partial charge < -0.3 is 9.64 Å². The van der Waals surface area contributed by atoms with Crippen LogP contribution in [0.15, 0.2) is 42.7 Å². The molecule has 0 saturated carbocycles. The van der Waals surface area contributed by atoms with Crippen molar-refractivity contribution in [1.82, 2.24) is 25.1 Å². The van der Waals surface area contributed by atoms with Gasteiger partial charge in [-0.25, -0.2) is 13.1 Å². The molecule has 33 heavy (non-hydrogen) atoms. The van der Waals surface area contributed by atoms with E-state index in [9.17, 15) is 13.2 Å². The number of carbonyl (C=O) groups excluding carboxylic acids is 1. The van der Waals surface area contributed by atoms with Crippen molar-refractivity contribution in [3.63, 3.8) is 0 Å². The van der Waals surface area contributed by atoms with Gasteiger partial charge in [-0.2, -0.15) is 0 Å². The molecule has 1 amide bonds. The van der Waals surface area contributed by atoms with Crippen molar-refractivity contribution in [3.8, 4) is 11.4 Å². The zero-order chi connectivity index (χ0) is 24.2. The number of amides is 1. The van der Waals surface area contributed by atoms with Gasteiger partial charge in [0.25, 0.3) is 5.91 Å². The van der Waals surface area contributed by atoms with Crippen LogP contribution in [-0.2, 0) is 9.84 Å². The van der Waals surface area contributed by atoms with Gasteiger partial charge in [0, 0.05) is 25.8 Å². The van der Waals surface area contributed by atoms with Crippen LogP contribution < -0.4 is 4.74 Å². The second-order valence-corrected chi connectivity index (χ2v) is 10.7. The molecular formula is C21H23Cl2N5O4S. The average molecular weight is 512 g/mol. The van der Waals surface area contributed by atoms with Crippen LogP contribution in [-0.4, -0.2) is 72.1 Å². The van der Waals surface area contributed by atoms with E-state index in [0.29, 0.717) is 33.5 Å². The summed E-state index contributed by atoms with van der Waals surface area (Å²) in [5.74, 6) is -0.216. The number of aromatic nitrogens is 4. The zero-order valence-electron chi connectivity index (χ0n) is 18.3. The zero-order valence-corrected chi connectivity index (χ0v) is 20.6. The van der Waals surface area contributed by atoms with E-state index < -0.39 is 9.84 Å². The maximum atomic E-state index is 13.4. The van der Waals surface area contributed by atoms with Gasteiger partial charge in [-0.1, -0.05) is 29.3 Å². The van der Waals surface area contributed by atoms with E-state index >= 15 is 0 Å². The quantitative estimate of drug-likeness (QED) is 0.433. The largest absolute Gasteiger partial charge is 0.496 e. The molecule has 2 aromatic carbocycles. The van der Waals surface area contributed by atoms with Gasteiger partial charge >= 0.3 is 0 Å². The smallest absolute Gasteiger partial charge is 0.257 e. The third-order valence-electron chi connectivity index (χ3n) is 5.12. The van der Waals surface area contributed by atoms with Gasteiger partial charge in [-0.15, -0.1) is 5.10 Å². The van der Waals surface area contributed by atoms with Crippen LogP contribution >= 0.6 is 23.2 Å². The highest BCUT2D eigenvalue weighted by atomic mass is 35.5. The highest BCUT2D eigenvalue weighted by Crippen LogP contribution is 2.30. The normalized spacial score (nSPS) is 12.4. The van der Waals surface area contributed by atoms with Crippen LogP contribution in [0.5, 0.6) is 5.75 Å². The number of likely N-dealkylation sites (N-methyl/N-ethyl adjacent to an activating group) is 1. The summed E-state index contributed by atoms with van der Waals surface area (Å²) in [6, 6.07) is 10.2. The van der Waals surface area contributed by atoms with Gasteiger partial charge in [0.05, 0.1) is 34.2 Å². The minimum absolute atomic E-state index is 0.0297. The monoisotopic (exact) mass is 511 g/mol.